The summed E-state index contributed by atoms with van der Waals surface area (Å²) in [7, 11) is 0. The Morgan fingerprint density at radius 2 is 1.66 bits per heavy atom. The Kier molecular flexibility index (Phi) is 6.77. The zero-order valence-corrected chi connectivity index (χ0v) is 19.6. The minimum Gasteiger partial charge on any atom is -0.454 e. The third kappa shape index (κ3) is 5.88. The van der Waals surface area contributed by atoms with Gasteiger partial charge in [-0.1, -0.05) is 66.2 Å². The van der Waals surface area contributed by atoms with Gasteiger partial charge in [-0.2, -0.15) is 0 Å². The Morgan fingerprint density at radius 3 is 2.49 bits per heavy atom. The van der Waals surface area contributed by atoms with Gasteiger partial charge >= 0.3 is 0 Å². The molecule has 0 bridgehead atoms. The van der Waals surface area contributed by atoms with Crippen LogP contribution in [-0.4, -0.2) is 22.6 Å². The molecule has 0 atom stereocenters. The molecule has 35 heavy (non-hydrogen) atoms. The number of benzene rings is 3. The van der Waals surface area contributed by atoms with E-state index in [4.69, 9.17) is 13.9 Å². The van der Waals surface area contributed by atoms with Crippen LogP contribution in [0.4, 0.5) is 0 Å². The summed E-state index contributed by atoms with van der Waals surface area (Å²) in [6.45, 7) is 4.58. The van der Waals surface area contributed by atoms with Crippen LogP contribution in [0.1, 0.15) is 38.6 Å². The van der Waals surface area contributed by atoms with E-state index in [0.717, 1.165) is 22.6 Å². The molecule has 1 N–H and O–H groups in total. The quantitative estimate of drug-likeness (QED) is 0.378. The molecule has 0 saturated heterocycles. The number of nitrogens with zero attached hydrogens (tertiary/aromatic N) is 2. The molecular weight excluding hydrogens is 442 g/mol. The van der Waals surface area contributed by atoms with Gasteiger partial charge in [-0.25, -0.2) is 4.98 Å². The van der Waals surface area contributed by atoms with Crippen LogP contribution in [0.25, 0.3) is 0 Å². The largest absolute Gasteiger partial charge is 0.454 e. The SMILES string of the molecule is Cc1cccc(CN(Cc2ccc3c(c2)OCO3)Cc2nc(C(=O)NCc3ccccc3)co2)c1. The molecule has 7 nitrogen and oxygen atoms in total. The lowest BCUT2D eigenvalue weighted by Crippen LogP contribution is -2.24. The van der Waals surface area contributed by atoms with Crippen molar-refractivity contribution in [3.8, 4) is 11.5 Å². The highest BCUT2D eigenvalue weighted by Crippen LogP contribution is 2.33. The molecule has 1 aliphatic rings. The first-order chi connectivity index (χ1) is 17.1. The van der Waals surface area contributed by atoms with Gasteiger partial charge in [-0.3, -0.25) is 9.69 Å². The molecule has 4 aromatic rings. The van der Waals surface area contributed by atoms with Crippen LogP contribution in [-0.2, 0) is 26.2 Å². The number of oxazole rings is 1. The van der Waals surface area contributed by atoms with E-state index in [1.165, 1.54) is 17.4 Å². The maximum atomic E-state index is 12.6. The van der Waals surface area contributed by atoms with Crippen LogP contribution in [0.2, 0.25) is 0 Å². The van der Waals surface area contributed by atoms with E-state index in [1.54, 1.807) is 0 Å². The van der Waals surface area contributed by atoms with E-state index in [1.807, 2.05) is 48.5 Å². The van der Waals surface area contributed by atoms with Crippen molar-refractivity contribution in [3.05, 3.63) is 113 Å². The molecule has 0 saturated carbocycles. The minimum absolute atomic E-state index is 0.247. The molecule has 178 valence electrons. The predicted molar refractivity (Wildman–Crippen MR) is 131 cm³/mol. The smallest absolute Gasteiger partial charge is 0.273 e. The van der Waals surface area contributed by atoms with Gasteiger partial charge in [0, 0.05) is 19.6 Å². The maximum Gasteiger partial charge on any atom is 0.273 e. The molecule has 2 heterocycles. The van der Waals surface area contributed by atoms with Crippen LogP contribution >= 0.6 is 0 Å². The van der Waals surface area contributed by atoms with Crippen molar-refractivity contribution in [2.24, 2.45) is 0 Å². The van der Waals surface area contributed by atoms with Crippen molar-refractivity contribution < 1.29 is 18.7 Å². The van der Waals surface area contributed by atoms with Gasteiger partial charge in [0.1, 0.15) is 6.26 Å². The van der Waals surface area contributed by atoms with Crippen molar-refractivity contribution in [3.63, 3.8) is 0 Å². The second-order valence-corrected chi connectivity index (χ2v) is 8.62. The van der Waals surface area contributed by atoms with Crippen molar-refractivity contribution in [2.75, 3.05) is 6.79 Å². The average Bonchev–Trinajstić information content (AvgIpc) is 3.52. The van der Waals surface area contributed by atoms with Crippen LogP contribution in [0.5, 0.6) is 11.5 Å². The molecule has 3 aromatic carbocycles. The average molecular weight is 470 g/mol. The summed E-state index contributed by atoms with van der Waals surface area (Å²) in [5.41, 5.74) is 4.79. The summed E-state index contributed by atoms with van der Waals surface area (Å²) in [5.74, 6) is 1.75. The van der Waals surface area contributed by atoms with Crippen molar-refractivity contribution in [1.82, 2.24) is 15.2 Å². The fraction of sp³-hybridized carbons (Fsp3) is 0.214. The molecule has 1 amide bonds. The molecule has 7 heteroatoms. The number of fused-ring (bicyclic) bond motifs is 1. The number of hydrogen-bond acceptors (Lipinski definition) is 6. The van der Waals surface area contributed by atoms with Crippen LogP contribution in [0.15, 0.2) is 83.5 Å². The van der Waals surface area contributed by atoms with Crippen molar-refractivity contribution >= 4 is 5.91 Å². The number of ether oxygens (including phenoxy) is 2. The summed E-state index contributed by atoms with van der Waals surface area (Å²) in [6, 6.07) is 24.2. The fourth-order valence-corrected chi connectivity index (χ4v) is 4.08. The number of amides is 1. The Labute approximate surface area is 204 Å². The number of carbonyl (C=O) groups excluding carboxylic acids is 1. The first kappa shape index (κ1) is 22.7. The van der Waals surface area contributed by atoms with E-state index < -0.39 is 0 Å². The molecule has 0 spiro atoms. The van der Waals surface area contributed by atoms with E-state index in [9.17, 15) is 4.79 Å². The lowest BCUT2D eigenvalue weighted by Gasteiger charge is -2.21. The highest BCUT2D eigenvalue weighted by Gasteiger charge is 2.18. The summed E-state index contributed by atoms with van der Waals surface area (Å²) in [6.07, 6.45) is 1.42. The van der Waals surface area contributed by atoms with E-state index in [-0.39, 0.29) is 18.4 Å². The zero-order chi connectivity index (χ0) is 24.0. The zero-order valence-electron chi connectivity index (χ0n) is 19.6. The highest BCUT2D eigenvalue weighted by atomic mass is 16.7. The van der Waals surface area contributed by atoms with E-state index in [2.05, 4.69) is 46.4 Å². The Balaban J connectivity index is 1.28. The first-order valence-electron chi connectivity index (χ1n) is 11.6. The molecule has 0 aliphatic carbocycles. The monoisotopic (exact) mass is 469 g/mol. The number of aromatic nitrogens is 1. The number of nitrogens with one attached hydrogen (secondary N) is 1. The summed E-state index contributed by atoms with van der Waals surface area (Å²) in [4.78, 5) is 19.3. The van der Waals surface area contributed by atoms with E-state index >= 15 is 0 Å². The van der Waals surface area contributed by atoms with Crippen molar-refractivity contribution in [1.29, 1.82) is 0 Å². The molecular formula is C28H27N3O4. The molecule has 0 unspecified atom stereocenters. The van der Waals surface area contributed by atoms with Gasteiger partial charge in [-0.15, -0.1) is 0 Å². The first-order valence-corrected chi connectivity index (χ1v) is 11.6. The highest BCUT2D eigenvalue weighted by molar-refractivity contribution is 5.91. The third-order valence-corrected chi connectivity index (χ3v) is 5.77. The second kappa shape index (κ2) is 10.4. The lowest BCUT2D eigenvalue weighted by molar-refractivity contribution is 0.0945. The number of hydrogen-bond donors (Lipinski definition) is 1. The fourth-order valence-electron chi connectivity index (χ4n) is 4.08. The van der Waals surface area contributed by atoms with Gasteiger partial charge in [0.25, 0.3) is 5.91 Å². The molecule has 1 aliphatic heterocycles. The van der Waals surface area contributed by atoms with Crippen LogP contribution < -0.4 is 14.8 Å². The predicted octanol–water partition coefficient (Wildman–Crippen LogP) is 4.84. The molecule has 0 fully saturated rings. The van der Waals surface area contributed by atoms with Gasteiger partial charge in [0.2, 0.25) is 12.7 Å². The van der Waals surface area contributed by atoms with Gasteiger partial charge in [0.15, 0.2) is 17.2 Å². The van der Waals surface area contributed by atoms with Gasteiger partial charge < -0.3 is 19.2 Å². The molecule has 1 aromatic heterocycles. The maximum absolute atomic E-state index is 12.6. The second-order valence-electron chi connectivity index (χ2n) is 8.62. The summed E-state index contributed by atoms with van der Waals surface area (Å²) in [5, 5.41) is 2.89. The van der Waals surface area contributed by atoms with E-state index in [0.29, 0.717) is 32.1 Å². The molecule has 0 radical (unpaired) electrons. The van der Waals surface area contributed by atoms with Crippen LogP contribution in [0, 0.1) is 6.92 Å². The van der Waals surface area contributed by atoms with Crippen molar-refractivity contribution in [2.45, 2.75) is 33.1 Å². The van der Waals surface area contributed by atoms with Gasteiger partial charge in [-0.05, 0) is 35.7 Å². The minimum atomic E-state index is -0.259. The summed E-state index contributed by atoms with van der Waals surface area (Å²) >= 11 is 0. The summed E-state index contributed by atoms with van der Waals surface area (Å²) < 4.78 is 16.7. The number of aryl methyl sites for hydroxylation is 1. The van der Waals surface area contributed by atoms with Crippen LogP contribution in [0.3, 0.4) is 0 Å². The number of carbonyl (C=O) groups is 1. The Morgan fingerprint density at radius 1 is 0.886 bits per heavy atom. The number of rotatable bonds is 9. The molecule has 5 rings (SSSR count). The normalized spacial score (nSPS) is 12.2. The lowest BCUT2D eigenvalue weighted by atomic mass is 10.1. The third-order valence-electron chi connectivity index (χ3n) is 5.77. The van der Waals surface area contributed by atoms with Gasteiger partial charge in [0.05, 0.1) is 6.54 Å². The topological polar surface area (TPSA) is 76.8 Å². The Bertz CT molecular complexity index is 1300. The standard InChI is InChI=1S/C28H27N3O4/c1-20-6-5-9-22(12-20)15-31(16-23-10-11-25-26(13-23)35-19-34-25)17-27-30-24(18-33-27)28(32)29-14-21-7-3-2-4-8-21/h2-13,18H,14-17,19H2,1H3,(H,29,32). The Hall–Kier alpha value is -4.10.